The molecule has 1 aliphatic heterocycles. The van der Waals surface area contributed by atoms with Crippen LogP contribution in [-0.2, 0) is 77.5 Å². The van der Waals surface area contributed by atoms with Gasteiger partial charge in [0.05, 0.1) is 46.2 Å². The van der Waals surface area contributed by atoms with Gasteiger partial charge in [0.25, 0.3) is 0 Å². The molecule has 1 aliphatic carbocycles. The minimum atomic E-state index is -1.12. The second-order valence-corrected chi connectivity index (χ2v) is 16.0. The van der Waals surface area contributed by atoms with E-state index < -0.39 is 55.1 Å². The van der Waals surface area contributed by atoms with Crippen molar-refractivity contribution < 1.29 is 37.9 Å². The SMILES string of the molecule is [N-]=[N+]=NC1[C@H](O[C@@H]2C=CC(OCc3ccccc3)C(OCc3ccccc3)[C@@H]2OCc2ccccc2)OC(COCc2ccccc2)[C@@H](OCc2ccccc2)[C@@H]1OCc1ccccc1. The summed E-state index contributed by atoms with van der Waals surface area (Å²) in [6, 6.07) is 58.7. The molecular weight excluding hydrogens is 819 g/mol. The maximum atomic E-state index is 10.2. The summed E-state index contributed by atoms with van der Waals surface area (Å²) in [5, 5.41) is 4.35. The van der Waals surface area contributed by atoms with E-state index in [1.165, 1.54) is 0 Å². The first-order chi connectivity index (χ1) is 32.2. The van der Waals surface area contributed by atoms with Crippen LogP contribution in [0.4, 0.5) is 0 Å². The van der Waals surface area contributed by atoms with Crippen LogP contribution in [0.25, 0.3) is 10.4 Å². The van der Waals surface area contributed by atoms with Gasteiger partial charge in [-0.3, -0.25) is 0 Å². The van der Waals surface area contributed by atoms with Crippen LogP contribution in [0.2, 0.25) is 0 Å². The normalized spacial score (nSPS) is 24.0. The molecule has 0 spiro atoms. The highest BCUT2D eigenvalue weighted by Gasteiger charge is 2.50. The molecule has 11 heteroatoms. The molecule has 2 aliphatic rings. The fourth-order valence-electron chi connectivity index (χ4n) is 8.03. The first kappa shape index (κ1) is 45.6. The summed E-state index contributed by atoms with van der Waals surface area (Å²) in [7, 11) is 0. The van der Waals surface area contributed by atoms with Crippen molar-refractivity contribution in [2.24, 2.45) is 5.11 Å². The molecule has 6 aromatic carbocycles. The topological polar surface area (TPSA) is 123 Å². The monoisotopic (exact) mass is 873 g/mol. The van der Waals surface area contributed by atoms with Crippen LogP contribution < -0.4 is 0 Å². The van der Waals surface area contributed by atoms with E-state index in [0.717, 1.165) is 33.4 Å². The molecule has 0 radical (unpaired) electrons. The summed E-state index contributed by atoms with van der Waals surface area (Å²) in [5.74, 6) is 0. The number of ether oxygens (including phenoxy) is 8. The molecule has 9 atom stereocenters. The average Bonchev–Trinajstić information content (AvgIpc) is 3.36. The third kappa shape index (κ3) is 13.3. The molecular formula is C54H55N3O8. The van der Waals surface area contributed by atoms with E-state index >= 15 is 0 Å². The molecule has 334 valence electrons. The van der Waals surface area contributed by atoms with Crippen molar-refractivity contribution in [3.63, 3.8) is 0 Å². The minimum Gasteiger partial charge on any atom is -0.374 e. The highest BCUT2D eigenvalue weighted by Crippen LogP contribution is 2.35. The van der Waals surface area contributed by atoms with E-state index in [4.69, 9.17) is 37.9 Å². The molecule has 65 heavy (non-hydrogen) atoms. The van der Waals surface area contributed by atoms with Gasteiger partial charge in [-0.25, -0.2) is 0 Å². The van der Waals surface area contributed by atoms with Crippen LogP contribution >= 0.6 is 0 Å². The Balaban J connectivity index is 1.12. The van der Waals surface area contributed by atoms with Crippen molar-refractivity contribution in [3.8, 4) is 0 Å². The second-order valence-electron chi connectivity index (χ2n) is 16.0. The van der Waals surface area contributed by atoms with Crippen LogP contribution in [0.15, 0.2) is 199 Å². The molecule has 8 rings (SSSR count). The molecule has 11 nitrogen and oxygen atoms in total. The van der Waals surface area contributed by atoms with E-state index in [2.05, 4.69) is 10.0 Å². The fraction of sp³-hybridized carbons (Fsp3) is 0.296. The Morgan fingerprint density at radius 1 is 0.415 bits per heavy atom. The quantitative estimate of drug-likeness (QED) is 0.0286. The number of nitrogens with zero attached hydrogens (tertiary/aromatic N) is 3. The Bertz CT molecular complexity index is 2340. The molecule has 0 amide bonds. The van der Waals surface area contributed by atoms with Crippen molar-refractivity contribution in [1.29, 1.82) is 0 Å². The van der Waals surface area contributed by atoms with Crippen LogP contribution in [0.1, 0.15) is 33.4 Å². The van der Waals surface area contributed by atoms with E-state index in [1.54, 1.807) is 0 Å². The van der Waals surface area contributed by atoms with Crippen molar-refractivity contribution in [2.75, 3.05) is 6.61 Å². The van der Waals surface area contributed by atoms with E-state index in [9.17, 15) is 5.53 Å². The fourth-order valence-corrected chi connectivity index (χ4v) is 8.03. The standard InChI is InChI=1S/C54H55N3O8/c55-57-56-49-53(63-38-45-29-17-6-18-30-45)52(62-37-44-27-15-5-16-28-44)48(39-58-33-40-19-7-1-8-20-40)65-54(49)64-47-32-31-46(59-34-41-21-9-2-10-22-41)50(60-35-42-23-11-3-12-24-42)51(47)61-36-43-25-13-4-14-26-43/h1-32,46-54H,33-39H2/t46?,47-,48?,49?,50?,51-,52-,53-,54-/m1/s1. The van der Waals surface area contributed by atoms with Crippen molar-refractivity contribution >= 4 is 0 Å². The minimum absolute atomic E-state index is 0.134. The lowest BCUT2D eigenvalue weighted by atomic mass is 9.93. The van der Waals surface area contributed by atoms with Crippen LogP contribution in [-0.4, -0.2) is 61.7 Å². The number of hydrogen-bond acceptors (Lipinski definition) is 9. The third-order valence-electron chi connectivity index (χ3n) is 11.4. The van der Waals surface area contributed by atoms with Crippen LogP contribution in [0.3, 0.4) is 0 Å². The molecule has 6 aromatic rings. The van der Waals surface area contributed by atoms with Gasteiger partial charge in [0, 0.05) is 4.91 Å². The summed E-state index contributed by atoms with van der Waals surface area (Å²) in [6.07, 6.45) is -2.06. The first-order valence-corrected chi connectivity index (χ1v) is 22.1. The van der Waals surface area contributed by atoms with Crippen molar-refractivity contribution in [3.05, 3.63) is 238 Å². The predicted octanol–water partition coefficient (Wildman–Crippen LogP) is 10.5. The third-order valence-corrected chi connectivity index (χ3v) is 11.4. The largest absolute Gasteiger partial charge is 0.374 e. The Morgan fingerprint density at radius 2 is 0.769 bits per heavy atom. The molecule has 1 saturated heterocycles. The number of benzene rings is 6. The molecule has 0 aromatic heterocycles. The molecule has 1 heterocycles. The molecule has 4 unspecified atom stereocenters. The maximum absolute atomic E-state index is 10.2. The smallest absolute Gasteiger partial charge is 0.170 e. The van der Waals surface area contributed by atoms with Gasteiger partial charge in [-0.15, -0.1) is 0 Å². The van der Waals surface area contributed by atoms with Gasteiger partial charge >= 0.3 is 0 Å². The van der Waals surface area contributed by atoms with Crippen molar-refractivity contribution in [2.45, 2.75) is 94.7 Å². The molecule has 0 N–H and O–H groups in total. The number of hydrogen-bond donors (Lipinski definition) is 0. The summed E-state index contributed by atoms with van der Waals surface area (Å²) >= 11 is 0. The van der Waals surface area contributed by atoms with Gasteiger partial charge in [0.2, 0.25) is 0 Å². The van der Waals surface area contributed by atoms with E-state index in [0.29, 0.717) is 19.8 Å². The van der Waals surface area contributed by atoms with E-state index in [-0.39, 0.29) is 26.4 Å². The Labute approximate surface area is 381 Å². The average molecular weight is 874 g/mol. The zero-order valence-electron chi connectivity index (χ0n) is 36.2. The van der Waals surface area contributed by atoms with Crippen molar-refractivity contribution in [1.82, 2.24) is 0 Å². The van der Waals surface area contributed by atoms with Gasteiger partial charge in [-0.1, -0.05) is 199 Å². The van der Waals surface area contributed by atoms with E-state index in [1.807, 2.05) is 194 Å². The lowest BCUT2D eigenvalue weighted by Crippen LogP contribution is -2.62. The number of azide groups is 1. The lowest BCUT2D eigenvalue weighted by Gasteiger charge is -2.47. The summed E-state index contributed by atoms with van der Waals surface area (Å²) in [4.78, 5) is 3.33. The predicted molar refractivity (Wildman–Crippen MR) is 247 cm³/mol. The maximum Gasteiger partial charge on any atom is 0.170 e. The van der Waals surface area contributed by atoms with Gasteiger partial charge in [-0.2, -0.15) is 0 Å². The molecule has 1 fully saturated rings. The summed E-state index contributed by atoms with van der Waals surface area (Å²) in [6.45, 7) is 1.90. The lowest BCUT2D eigenvalue weighted by molar-refractivity contribution is -0.304. The van der Waals surface area contributed by atoms with Gasteiger partial charge < -0.3 is 37.9 Å². The highest BCUT2D eigenvalue weighted by molar-refractivity contribution is 5.20. The Hall–Kier alpha value is -5.95. The Morgan fingerprint density at radius 3 is 1.20 bits per heavy atom. The van der Waals surface area contributed by atoms with Gasteiger partial charge in [-0.05, 0) is 38.9 Å². The Kier molecular flexibility index (Phi) is 17.1. The van der Waals surface area contributed by atoms with Gasteiger partial charge in [0.15, 0.2) is 6.29 Å². The first-order valence-electron chi connectivity index (χ1n) is 22.1. The molecule has 0 saturated carbocycles. The zero-order chi connectivity index (χ0) is 44.3. The summed E-state index contributed by atoms with van der Waals surface area (Å²) < 4.78 is 54.1. The van der Waals surface area contributed by atoms with Crippen LogP contribution in [0.5, 0.6) is 0 Å². The zero-order valence-corrected chi connectivity index (χ0v) is 36.2. The number of rotatable bonds is 22. The van der Waals surface area contributed by atoms with Gasteiger partial charge in [0.1, 0.15) is 48.8 Å². The summed E-state index contributed by atoms with van der Waals surface area (Å²) in [5.41, 5.74) is 16.1. The van der Waals surface area contributed by atoms with Crippen LogP contribution in [0, 0.1) is 0 Å². The highest BCUT2D eigenvalue weighted by atomic mass is 16.7. The molecule has 0 bridgehead atoms. The second kappa shape index (κ2) is 24.4.